The molecule has 0 aliphatic carbocycles. The van der Waals surface area contributed by atoms with Crippen LogP contribution in [0.4, 0.5) is 0 Å². The maximum Gasteiger partial charge on any atom is 0.0595 e. The highest BCUT2D eigenvalue weighted by molar-refractivity contribution is 6.42. The maximum absolute atomic E-state index is 6.23. The van der Waals surface area contributed by atoms with E-state index in [1.165, 1.54) is 31.2 Å². The molecule has 1 heterocycles. The zero-order chi connectivity index (χ0) is 15.2. The molecule has 1 aliphatic heterocycles. The average Bonchev–Trinajstić information content (AvgIpc) is 2.64. The number of rotatable bonds is 5. The summed E-state index contributed by atoms with van der Waals surface area (Å²) < 4.78 is 0. The normalized spacial score (nSPS) is 24.0. The molecule has 1 N–H and O–H groups in total. The SMILES string of the molecule is CCCNCC1CCCCN(C)C1c1ccc(Cl)c(Cl)c1. The van der Waals surface area contributed by atoms with Crippen LogP contribution in [0.1, 0.15) is 44.2 Å². The third kappa shape index (κ3) is 4.59. The second kappa shape index (κ2) is 8.38. The summed E-state index contributed by atoms with van der Waals surface area (Å²) in [4.78, 5) is 2.48. The number of nitrogens with zero attached hydrogens (tertiary/aromatic N) is 1. The zero-order valence-corrected chi connectivity index (χ0v) is 14.6. The summed E-state index contributed by atoms with van der Waals surface area (Å²) in [5.41, 5.74) is 1.29. The van der Waals surface area contributed by atoms with Crippen molar-refractivity contribution in [3.8, 4) is 0 Å². The third-order valence-corrected chi connectivity index (χ3v) is 5.11. The number of halogens is 2. The van der Waals surface area contributed by atoms with Crippen LogP contribution in [0, 0.1) is 5.92 Å². The minimum atomic E-state index is 0.423. The topological polar surface area (TPSA) is 15.3 Å². The van der Waals surface area contributed by atoms with Gasteiger partial charge in [0, 0.05) is 6.04 Å². The van der Waals surface area contributed by atoms with E-state index in [2.05, 4.69) is 30.3 Å². The molecule has 1 aromatic carbocycles. The summed E-state index contributed by atoms with van der Waals surface area (Å²) in [6.07, 6.45) is 5.03. The van der Waals surface area contributed by atoms with Gasteiger partial charge in [-0.15, -0.1) is 0 Å². The number of hydrogen-bond acceptors (Lipinski definition) is 2. The summed E-state index contributed by atoms with van der Waals surface area (Å²) in [5, 5.41) is 4.89. The van der Waals surface area contributed by atoms with Gasteiger partial charge < -0.3 is 5.32 Å². The van der Waals surface area contributed by atoms with E-state index in [-0.39, 0.29) is 0 Å². The van der Waals surface area contributed by atoms with Gasteiger partial charge in [-0.05, 0) is 69.6 Å². The molecule has 1 aromatic rings. The van der Waals surface area contributed by atoms with Gasteiger partial charge in [-0.3, -0.25) is 4.90 Å². The first-order chi connectivity index (χ1) is 10.1. The van der Waals surface area contributed by atoms with Gasteiger partial charge in [0.1, 0.15) is 0 Å². The van der Waals surface area contributed by atoms with Gasteiger partial charge in [-0.2, -0.15) is 0 Å². The van der Waals surface area contributed by atoms with Gasteiger partial charge in [-0.25, -0.2) is 0 Å². The molecule has 118 valence electrons. The number of likely N-dealkylation sites (tertiary alicyclic amines) is 1. The smallest absolute Gasteiger partial charge is 0.0595 e. The summed E-state index contributed by atoms with van der Waals surface area (Å²) in [6, 6.07) is 6.53. The van der Waals surface area contributed by atoms with E-state index in [1.54, 1.807) is 0 Å². The Bertz CT molecular complexity index is 450. The lowest BCUT2D eigenvalue weighted by Crippen LogP contribution is -2.35. The Morgan fingerprint density at radius 1 is 1.24 bits per heavy atom. The molecule has 21 heavy (non-hydrogen) atoms. The molecule has 1 saturated heterocycles. The van der Waals surface area contributed by atoms with Crippen LogP contribution in [0.25, 0.3) is 0 Å². The van der Waals surface area contributed by atoms with Crippen LogP contribution in [0.3, 0.4) is 0 Å². The first kappa shape index (κ1) is 17.1. The van der Waals surface area contributed by atoms with Gasteiger partial charge in [0.25, 0.3) is 0 Å². The first-order valence-corrected chi connectivity index (χ1v) is 8.75. The van der Waals surface area contributed by atoms with Crippen LogP contribution in [-0.4, -0.2) is 31.6 Å². The van der Waals surface area contributed by atoms with Crippen molar-refractivity contribution in [1.29, 1.82) is 0 Å². The average molecular weight is 329 g/mol. The largest absolute Gasteiger partial charge is 0.316 e. The summed E-state index contributed by atoms with van der Waals surface area (Å²) in [6.45, 7) is 5.52. The van der Waals surface area contributed by atoms with Gasteiger partial charge >= 0.3 is 0 Å². The second-order valence-electron chi connectivity index (χ2n) is 6.06. The van der Waals surface area contributed by atoms with Gasteiger partial charge in [0.05, 0.1) is 10.0 Å². The standard InChI is InChI=1S/C17H26Cl2N2/c1-3-9-20-12-14-6-4-5-10-21(2)17(14)13-7-8-15(18)16(19)11-13/h7-8,11,14,17,20H,3-6,9-10,12H2,1-2H3. The van der Waals surface area contributed by atoms with Crippen molar-refractivity contribution in [3.05, 3.63) is 33.8 Å². The molecular formula is C17H26Cl2N2. The van der Waals surface area contributed by atoms with Crippen molar-refractivity contribution in [2.75, 3.05) is 26.7 Å². The van der Waals surface area contributed by atoms with Crippen molar-refractivity contribution in [2.45, 2.75) is 38.6 Å². The molecule has 0 radical (unpaired) electrons. The van der Waals surface area contributed by atoms with Crippen molar-refractivity contribution >= 4 is 23.2 Å². The van der Waals surface area contributed by atoms with E-state index >= 15 is 0 Å². The highest BCUT2D eigenvalue weighted by Crippen LogP contribution is 2.36. The molecule has 0 saturated carbocycles. The number of benzene rings is 1. The number of hydrogen-bond donors (Lipinski definition) is 1. The highest BCUT2D eigenvalue weighted by Gasteiger charge is 2.29. The predicted octanol–water partition coefficient (Wildman–Crippen LogP) is 4.77. The number of nitrogens with one attached hydrogen (secondary N) is 1. The summed E-state index contributed by atoms with van der Waals surface area (Å²) in [7, 11) is 2.23. The Labute approximate surface area is 138 Å². The van der Waals surface area contributed by atoms with E-state index in [9.17, 15) is 0 Å². The molecular weight excluding hydrogens is 303 g/mol. The first-order valence-electron chi connectivity index (χ1n) is 7.99. The van der Waals surface area contributed by atoms with E-state index in [0.29, 0.717) is 22.0 Å². The Morgan fingerprint density at radius 2 is 2.05 bits per heavy atom. The fraction of sp³-hybridized carbons (Fsp3) is 0.647. The van der Waals surface area contributed by atoms with E-state index < -0.39 is 0 Å². The fourth-order valence-electron chi connectivity index (χ4n) is 3.33. The lowest BCUT2D eigenvalue weighted by Gasteiger charge is -2.33. The van der Waals surface area contributed by atoms with E-state index in [4.69, 9.17) is 23.2 Å². The van der Waals surface area contributed by atoms with Crippen LogP contribution in [0.15, 0.2) is 18.2 Å². The molecule has 4 heteroatoms. The molecule has 2 atom stereocenters. The van der Waals surface area contributed by atoms with Crippen LogP contribution in [0.5, 0.6) is 0 Å². The molecule has 0 spiro atoms. The predicted molar refractivity (Wildman–Crippen MR) is 92.3 cm³/mol. The molecule has 0 amide bonds. The Kier molecular flexibility index (Phi) is 6.81. The Morgan fingerprint density at radius 3 is 2.76 bits per heavy atom. The quantitative estimate of drug-likeness (QED) is 0.783. The van der Waals surface area contributed by atoms with Gasteiger partial charge in [0.2, 0.25) is 0 Å². The fourth-order valence-corrected chi connectivity index (χ4v) is 3.63. The van der Waals surface area contributed by atoms with E-state index in [0.717, 1.165) is 19.6 Å². The molecule has 0 bridgehead atoms. The second-order valence-corrected chi connectivity index (χ2v) is 6.87. The van der Waals surface area contributed by atoms with Crippen molar-refractivity contribution < 1.29 is 0 Å². The maximum atomic E-state index is 6.23. The summed E-state index contributed by atoms with van der Waals surface area (Å²) >= 11 is 12.3. The Hall–Kier alpha value is -0.280. The molecule has 1 fully saturated rings. The van der Waals surface area contributed by atoms with Crippen LogP contribution in [-0.2, 0) is 0 Å². The van der Waals surface area contributed by atoms with Gasteiger partial charge in [0.15, 0.2) is 0 Å². The van der Waals surface area contributed by atoms with Crippen molar-refractivity contribution in [3.63, 3.8) is 0 Å². The van der Waals surface area contributed by atoms with Crippen molar-refractivity contribution in [1.82, 2.24) is 10.2 Å². The molecule has 1 aliphatic rings. The molecule has 2 rings (SSSR count). The zero-order valence-electron chi connectivity index (χ0n) is 13.0. The Balaban J connectivity index is 2.20. The molecule has 2 nitrogen and oxygen atoms in total. The minimum Gasteiger partial charge on any atom is -0.316 e. The highest BCUT2D eigenvalue weighted by atomic mass is 35.5. The van der Waals surface area contributed by atoms with Crippen LogP contribution >= 0.6 is 23.2 Å². The summed E-state index contributed by atoms with van der Waals surface area (Å²) in [5.74, 6) is 0.626. The lowest BCUT2D eigenvalue weighted by molar-refractivity contribution is 0.189. The van der Waals surface area contributed by atoms with Crippen LogP contribution < -0.4 is 5.32 Å². The van der Waals surface area contributed by atoms with Crippen LogP contribution in [0.2, 0.25) is 10.0 Å². The molecule has 2 unspecified atom stereocenters. The minimum absolute atomic E-state index is 0.423. The monoisotopic (exact) mass is 328 g/mol. The third-order valence-electron chi connectivity index (χ3n) is 4.38. The van der Waals surface area contributed by atoms with E-state index in [1.807, 2.05) is 12.1 Å². The molecule has 0 aromatic heterocycles. The van der Waals surface area contributed by atoms with Crippen molar-refractivity contribution in [2.24, 2.45) is 5.92 Å². The lowest BCUT2D eigenvalue weighted by atomic mass is 9.89. The van der Waals surface area contributed by atoms with Gasteiger partial charge in [-0.1, -0.05) is 42.6 Å².